The highest BCUT2D eigenvalue weighted by atomic mass is 32.1. The monoisotopic (exact) mass is 248 g/mol. The minimum absolute atomic E-state index is 0.556. The first-order valence-corrected chi connectivity index (χ1v) is 5.99. The highest BCUT2D eigenvalue weighted by molar-refractivity contribution is 7.11. The van der Waals surface area contributed by atoms with E-state index in [2.05, 4.69) is 0 Å². The van der Waals surface area contributed by atoms with Crippen molar-refractivity contribution in [2.24, 2.45) is 0 Å². The van der Waals surface area contributed by atoms with Gasteiger partial charge in [0.1, 0.15) is 11.5 Å². The van der Waals surface area contributed by atoms with Crippen molar-refractivity contribution in [3.63, 3.8) is 0 Å². The summed E-state index contributed by atoms with van der Waals surface area (Å²) in [6.07, 6.45) is 0.818. The lowest BCUT2D eigenvalue weighted by atomic mass is 10.2. The van der Waals surface area contributed by atoms with Crippen molar-refractivity contribution in [1.29, 1.82) is 0 Å². The summed E-state index contributed by atoms with van der Waals surface area (Å²) in [5.74, 6) is 1.43. The molecule has 0 amide bonds. The second-order valence-corrected chi connectivity index (χ2v) is 4.43. The van der Waals surface area contributed by atoms with Crippen LogP contribution in [0.2, 0.25) is 0 Å². The number of ether oxygens (including phenoxy) is 2. The molecule has 0 fully saturated rings. The lowest BCUT2D eigenvalue weighted by Crippen LogP contribution is -1.88. The van der Waals surface area contributed by atoms with E-state index in [-0.39, 0.29) is 0 Å². The SMILES string of the molecule is COCc1cccc(Oc2csc(C=O)c2)c1. The van der Waals surface area contributed by atoms with Gasteiger partial charge in [-0.15, -0.1) is 11.3 Å². The van der Waals surface area contributed by atoms with Crippen LogP contribution < -0.4 is 4.74 Å². The number of aldehydes is 1. The molecule has 0 aliphatic rings. The summed E-state index contributed by atoms with van der Waals surface area (Å²) in [4.78, 5) is 11.2. The Balaban J connectivity index is 2.12. The van der Waals surface area contributed by atoms with Crippen LogP contribution in [0.15, 0.2) is 35.7 Å². The number of benzene rings is 1. The van der Waals surface area contributed by atoms with E-state index in [1.54, 1.807) is 13.2 Å². The average molecular weight is 248 g/mol. The lowest BCUT2D eigenvalue weighted by Gasteiger charge is -2.05. The first kappa shape index (κ1) is 11.8. The van der Waals surface area contributed by atoms with Crippen LogP contribution in [0.1, 0.15) is 15.2 Å². The van der Waals surface area contributed by atoms with E-state index in [9.17, 15) is 4.79 Å². The molecule has 2 aromatic rings. The van der Waals surface area contributed by atoms with Gasteiger partial charge in [-0.1, -0.05) is 12.1 Å². The van der Waals surface area contributed by atoms with Crippen molar-refractivity contribution >= 4 is 17.6 Å². The maximum absolute atomic E-state index is 10.5. The van der Waals surface area contributed by atoms with Crippen LogP contribution in [0, 0.1) is 0 Å². The molecule has 0 N–H and O–H groups in total. The minimum atomic E-state index is 0.556. The Kier molecular flexibility index (Phi) is 3.90. The van der Waals surface area contributed by atoms with Gasteiger partial charge < -0.3 is 9.47 Å². The second-order valence-electron chi connectivity index (χ2n) is 3.49. The summed E-state index contributed by atoms with van der Waals surface area (Å²) in [7, 11) is 1.66. The third-order valence-electron chi connectivity index (χ3n) is 2.16. The van der Waals surface area contributed by atoms with Gasteiger partial charge in [-0.25, -0.2) is 0 Å². The van der Waals surface area contributed by atoms with E-state index < -0.39 is 0 Å². The summed E-state index contributed by atoms with van der Waals surface area (Å²) in [5.41, 5.74) is 1.05. The van der Waals surface area contributed by atoms with E-state index in [0.29, 0.717) is 17.2 Å². The molecular formula is C13H12O3S. The van der Waals surface area contributed by atoms with Crippen molar-refractivity contribution in [1.82, 2.24) is 0 Å². The van der Waals surface area contributed by atoms with Crippen LogP contribution in [-0.2, 0) is 11.3 Å². The Labute approximate surface area is 104 Å². The zero-order chi connectivity index (χ0) is 12.1. The van der Waals surface area contributed by atoms with Crippen LogP contribution in [0.25, 0.3) is 0 Å². The second kappa shape index (κ2) is 5.61. The molecule has 0 atom stereocenters. The molecule has 0 bridgehead atoms. The van der Waals surface area contributed by atoms with Gasteiger partial charge >= 0.3 is 0 Å². The van der Waals surface area contributed by atoms with Gasteiger partial charge in [0, 0.05) is 18.6 Å². The first-order valence-electron chi connectivity index (χ1n) is 5.11. The molecule has 0 aliphatic carbocycles. The fourth-order valence-corrected chi connectivity index (χ4v) is 2.06. The van der Waals surface area contributed by atoms with Crippen molar-refractivity contribution < 1.29 is 14.3 Å². The van der Waals surface area contributed by atoms with Gasteiger partial charge in [0.05, 0.1) is 11.5 Å². The topological polar surface area (TPSA) is 35.5 Å². The summed E-state index contributed by atoms with van der Waals surface area (Å²) < 4.78 is 10.7. The zero-order valence-corrected chi connectivity index (χ0v) is 10.2. The number of rotatable bonds is 5. The van der Waals surface area contributed by atoms with Gasteiger partial charge in [0.2, 0.25) is 0 Å². The lowest BCUT2D eigenvalue weighted by molar-refractivity contribution is 0.112. The fraction of sp³-hybridized carbons (Fsp3) is 0.154. The molecule has 0 saturated heterocycles. The predicted molar refractivity (Wildman–Crippen MR) is 66.9 cm³/mol. The molecule has 0 spiro atoms. The molecule has 0 unspecified atom stereocenters. The number of methoxy groups -OCH3 is 1. The molecule has 0 radical (unpaired) electrons. The molecule has 2 rings (SSSR count). The number of carbonyl (C=O) groups is 1. The summed E-state index contributed by atoms with van der Waals surface area (Å²) in [6, 6.07) is 9.40. The molecule has 3 nitrogen and oxygen atoms in total. The molecule has 88 valence electrons. The largest absolute Gasteiger partial charge is 0.456 e. The molecule has 0 aliphatic heterocycles. The standard InChI is InChI=1S/C13H12O3S/c1-15-8-10-3-2-4-11(5-10)16-12-6-13(7-14)17-9-12/h2-7,9H,8H2,1H3. The third kappa shape index (κ3) is 3.15. The highest BCUT2D eigenvalue weighted by Crippen LogP contribution is 2.26. The van der Waals surface area contributed by atoms with Crippen molar-refractivity contribution in [2.75, 3.05) is 7.11 Å². The summed E-state index contributed by atoms with van der Waals surface area (Å²) in [6.45, 7) is 0.556. The van der Waals surface area contributed by atoms with Crippen LogP contribution in [0.3, 0.4) is 0 Å². The number of carbonyl (C=O) groups excluding carboxylic acids is 1. The van der Waals surface area contributed by atoms with Gasteiger partial charge in [-0.2, -0.15) is 0 Å². The maximum atomic E-state index is 10.5. The molecule has 1 heterocycles. The Morgan fingerprint density at radius 2 is 2.18 bits per heavy atom. The summed E-state index contributed by atoms with van der Waals surface area (Å²) in [5, 5.41) is 1.81. The smallest absolute Gasteiger partial charge is 0.160 e. The van der Waals surface area contributed by atoms with Crippen LogP contribution in [0.5, 0.6) is 11.5 Å². The zero-order valence-electron chi connectivity index (χ0n) is 9.38. The van der Waals surface area contributed by atoms with Gasteiger partial charge in [-0.3, -0.25) is 4.79 Å². The van der Waals surface area contributed by atoms with E-state index >= 15 is 0 Å². The molecule has 1 aromatic carbocycles. The Bertz CT molecular complexity index is 505. The van der Waals surface area contributed by atoms with Gasteiger partial charge in [0.25, 0.3) is 0 Å². The van der Waals surface area contributed by atoms with Gasteiger partial charge in [0.15, 0.2) is 6.29 Å². The number of hydrogen-bond donors (Lipinski definition) is 0. The minimum Gasteiger partial charge on any atom is -0.456 e. The van der Waals surface area contributed by atoms with Gasteiger partial charge in [-0.05, 0) is 17.7 Å². The normalized spacial score (nSPS) is 10.2. The Morgan fingerprint density at radius 1 is 1.29 bits per heavy atom. The van der Waals surface area contributed by atoms with Crippen molar-refractivity contribution in [3.05, 3.63) is 46.2 Å². The number of hydrogen-bond acceptors (Lipinski definition) is 4. The van der Waals surface area contributed by atoms with E-state index in [1.165, 1.54) is 11.3 Å². The molecule has 4 heteroatoms. The first-order chi connectivity index (χ1) is 8.31. The van der Waals surface area contributed by atoms with E-state index in [0.717, 1.165) is 17.6 Å². The molecule has 1 aromatic heterocycles. The summed E-state index contributed by atoms with van der Waals surface area (Å²) >= 11 is 1.37. The van der Waals surface area contributed by atoms with Crippen LogP contribution in [-0.4, -0.2) is 13.4 Å². The molecule has 0 saturated carbocycles. The van der Waals surface area contributed by atoms with E-state index in [4.69, 9.17) is 9.47 Å². The maximum Gasteiger partial charge on any atom is 0.160 e. The van der Waals surface area contributed by atoms with Crippen LogP contribution in [0.4, 0.5) is 0 Å². The quantitative estimate of drug-likeness (QED) is 0.760. The number of thiophene rings is 1. The molecular weight excluding hydrogens is 236 g/mol. The van der Waals surface area contributed by atoms with E-state index in [1.807, 2.05) is 29.6 Å². The Morgan fingerprint density at radius 3 is 2.88 bits per heavy atom. The Hall–Kier alpha value is -1.65. The fourth-order valence-electron chi connectivity index (χ4n) is 1.45. The van der Waals surface area contributed by atoms with Crippen LogP contribution >= 0.6 is 11.3 Å². The third-order valence-corrected chi connectivity index (χ3v) is 2.99. The average Bonchev–Trinajstić information content (AvgIpc) is 2.78. The van der Waals surface area contributed by atoms with Crippen molar-refractivity contribution in [2.45, 2.75) is 6.61 Å². The van der Waals surface area contributed by atoms with Crippen molar-refractivity contribution in [3.8, 4) is 11.5 Å². The predicted octanol–water partition coefficient (Wildman–Crippen LogP) is 3.50. The molecule has 17 heavy (non-hydrogen) atoms. The highest BCUT2D eigenvalue weighted by Gasteiger charge is 2.02.